The van der Waals surface area contributed by atoms with E-state index < -0.39 is 30.3 Å². The second kappa shape index (κ2) is 6.00. The molecule has 8 heteroatoms. The lowest BCUT2D eigenvalue weighted by Gasteiger charge is -2.10. The molecular weight excluding hydrogens is 306 g/mol. The number of aliphatic carboxylic acids is 1. The molecule has 1 aromatic carbocycles. The molecule has 0 aliphatic heterocycles. The first kappa shape index (κ1) is 15.7. The molecule has 0 spiro atoms. The van der Waals surface area contributed by atoms with Crippen LogP contribution in [0.25, 0.3) is 11.3 Å². The summed E-state index contributed by atoms with van der Waals surface area (Å²) in [6, 6.07) is 7.22. The third kappa shape index (κ3) is 4.18. The van der Waals surface area contributed by atoms with Crippen molar-refractivity contribution in [1.82, 2.24) is 4.98 Å². The van der Waals surface area contributed by atoms with Crippen LogP contribution in [-0.2, 0) is 11.2 Å². The molecule has 1 N–H and O–H groups in total. The summed E-state index contributed by atoms with van der Waals surface area (Å²) < 4.78 is 53.8. The van der Waals surface area contributed by atoms with Crippen molar-refractivity contribution in [2.24, 2.45) is 0 Å². The Morgan fingerprint density at radius 2 is 1.95 bits per heavy atom. The lowest BCUT2D eigenvalue weighted by molar-refractivity contribution is -0.274. The summed E-state index contributed by atoms with van der Waals surface area (Å²) in [6.07, 6.45) is -5.46. The molecule has 0 saturated heterocycles. The molecule has 0 aliphatic carbocycles. The predicted octanol–water partition coefficient (Wildman–Crippen LogP) is 3.41. The summed E-state index contributed by atoms with van der Waals surface area (Å²) in [6.45, 7) is 0. The lowest BCUT2D eigenvalue weighted by atomic mass is 10.1. The van der Waals surface area contributed by atoms with E-state index in [0.717, 1.165) is 18.2 Å². The molecule has 0 atom stereocenters. The van der Waals surface area contributed by atoms with E-state index in [4.69, 9.17) is 5.11 Å². The van der Waals surface area contributed by atoms with Crippen molar-refractivity contribution in [3.05, 3.63) is 47.9 Å². The fourth-order valence-electron chi connectivity index (χ4n) is 1.76. The van der Waals surface area contributed by atoms with Gasteiger partial charge in [-0.3, -0.25) is 4.79 Å². The number of carboxylic acid groups (broad SMARTS) is 1. The van der Waals surface area contributed by atoms with Crippen molar-refractivity contribution in [2.45, 2.75) is 12.8 Å². The standard InChI is InChI=1S/C14H9F4NO3/c15-10-4-5-11(19-12(10)7-13(20)21)8-2-1-3-9(6-8)22-14(16,17)18/h1-6H,7H2,(H,20,21). The van der Waals surface area contributed by atoms with Crippen LogP contribution in [-0.4, -0.2) is 22.4 Å². The van der Waals surface area contributed by atoms with Crippen molar-refractivity contribution in [3.8, 4) is 17.0 Å². The van der Waals surface area contributed by atoms with E-state index in [1.165, 1.54) is 18.2 Å². The first-order valence-electron chi connectivity index (χ1n) is 5.98. The molecule has 0 aliphatic rings. The zero-order valence-electron chi connectivity index (χ0n) is 10.9. The van der Waals surface area contributed by atoms with E-state index in [0.29, 0.717) is 0 Å². The van der Waals surface area contributed by atoms with E-state index in [1.54, 1.807) is 0 Å². The molecule has 0 fully saturated rings. The number of hydrogen-bond donors (Lipinski definition) is 1. The number of aromatic nitrogens is 1. The molecule has 0 unspecified atom stereocenters. The summed E-state index contributed by atoms with van der Waals surface area (Å²) in [4.78, 5) is 14.5. The molecule has 0 radical (unpaired) electrons. The highest BCUT2D eigenvalue weighted by Crippen LogP contribution is 2.27. The van der Waals surface area contributed by atoms with Crippen molar-refractivity contribution in [1.29, 1.82) is 0 Å². The van der Waals surface area contributed by atoms with Gasteiger partial charge in [0.05, 0.1) is 17.8 Å². The van der Waals surface area contributed by atoms with Crippen LogP contribution < -0.4 is 4.74 Å². The molecule has 1 heterocycles. The highest BCUT2D eigenvalue weighted by Gasteiger charge is 2.31. The zero-order chi connectivity index (χ0) is 16.3. The molecule has 4 nitrogen and oxygen atoms in total. The Bertz CT molecular complexity index is 701. The van der Waals surface area contributed by atoms with E-state index in [1.807, 2.05) is 0 Å². The summed E-state index contributed by atoms with van der Waals surface area (Å²) in [5.41, 5.74) is 0.0887. The highest BCUT2D eigenvalue weighted by molar-refractivity contribution is 5.70. The Morgan fingerprint density at radius 3 is 2.59 bits per heavy atom. The van der Waals surface area contributed by atoms with Crippen LogP contribution in [0.1, 0.15) is 5.69 Å². The molecule has 1 aromatic heterocycles. The lowest BCUT2D eigenvalue weighted by Crippen LogP contribution is -2.17. The second-order valence-corrected chi connectivity index (χ2v) is 4.27. The van der Waals surface area contributed by atoms with Gasteiger partial charge in [0.25, 0.3) is 0 Å². The minimum Gasteiger partial charge on any atom is -0.481 e. The average molecular weight is 315 g/mol. The van der Waals surface area contributed by atoms with Gasteiger partial charge in [-0.15, -0.1) is 13.2 Å². The SMILES string of the molecule is O=C(O)Cc1nc(-c2cccc(OC(F)(F)F)c2)ccc1F. The van der Waals surface area contributed by atoms with Crippen LogP contribution in [0.2, 0.25) is 0 Å². The van der Waals surface area contributed by atoms with E-state index in [2.05, 4.69) is 9.72 Å². The highest BCUT2D eigenvalue weighted by atomic mass is 19.4. The number of nitrogens with zero attached hydrogens (tertiary/aromatic N) is 1. The fourth-order valence-corrected chi connectivity index (χ4v) is 1.76. The predicted molar refractivity (Wildman–Crippen MR) is 67.7 cm³/mol. The van der Waals surface area contributed by atoms with Gasteiger partial charge in [0, 0.05) is 5.56 Å². The van der Waals surface area contributed by atoms with Crippen molar-refractivity contribution in [3.63, 3.8) is 0 Å². The number of hydrogen-bond acceptors (Lipinski definition) is 3. The Hall–Kier alpha value is -2.64. The number of rotatable bonds is 4. The molecule has 22 heavy (non-hydrogen) atoms. The number of carbonyl (C=O) groups is 1. The van der Waals surface area contributed by atoms with E-state index in [9.17, 15) is 22.4 Å². The number of ether oxygens (including phenoxy) is 1. The molecule has 2 aromatic rings. The van der Waals surface area contributed by atoms with E-state index in [-0.39, 0.29) is 17.0 Å². The number of alkyl halides is 3. The van der Waals surface area contributed by atoms with Gasteiger partial charge in [-0.25, -0.2) is 9.37 Å². The number of benzene rings is 1. The van der Waals surface area contributed by atoms with Crippen LogP contribution in [0, 0.1) is 5.82 Å². The first-order chi connectivity index (χ1) is 10.2. The summed E-state index contributed by atoms with van der Waals surface area (Å²) in [5.74, 6) is -2.51. The molecule has 0 amide bonds. The monoisotopic (exact) mass is 315 g/mol. The van der Waals surface area contributed by atoms with Crippen molar-refractivity contribution in [2.75, 3.05) is 0 Å². The maximum atomic E-state index is 13.4. The minimum atomic E-state index is -4.83. The Kier molecular flexibility index (Phi) is 4.30. The van der Waals surface area contributed by atoms with E-state index >= 15 is 0 Å². The third-order valence-electron chi connectivity index (χ3n) is 2.60. The van der Waals surface area contributed by atoms with Crippen molar-refractivity contribution >= 4 is 5.97 Å². The van der Waals surface area contributed by atoms with Crippen LogP contribution in [0.15, 0.2) is 36.4 Å². The van der Waals surface area contributed by atoms with Gasteiger partial charge >= 0.3 is 12.3 Å². The molecule has 116 valence electrons. The van der Waals surface area contributed by atoms with Gasteiger partial charge in [-0.1, -0.05) is 12.1 Å². The summed E-state index contributed by atoms with van der Waals surface area (Å²) in [7, 11) is 0. The second-order valence-electron chi connectivity index (χ2n) is 4.27. The zero-order valence-corrected chi connectivity index (χ0v) is 10.9. The molecule has 0 bridgehead atoms. The normalized spacial score (nSPS) is 11.3. The summed E-state index contributed by atoms with van der Waals surface area (Å²) in [5, 5.41) is 8.67. The number of carboxylic acids is 1. The van der Waals surface area contributed by atoms with Gasteiger partial charge in [0.2, 0.25) is 0 Å². The van der Waals surface area contributed by atoms with Gasteiger partial charge in [-0.2, -0.15) is 0 Å². The Morgan fingerprint density at radius 1 is 1.23 bits per heavy atom. The van der Waals surface area contributed by atoms with Crippen LogP contribution in [0.5, 0.6) is 5.75 Å². The van der Waals surface area contributed by atoms with Gasteiger partial charge in [-0.05, 0) is 24.3 Å². The Labute approximate surface area is 122 Å². The minimum absolute atomic E-state index is 0.144. The smallest absolute Gasteiger partial charge is 0.481 e. The summed E-state index contributed by atoms with van der Waals surface area (Å²) >= 11 is 0. The maximum Gasteiger partial charge on any atom is 0.573 e. The van der Waals surface area contributed by atoms with Crippen molar-refractivity contribution < 1.29 is 32.2 Å². The number of pyridine rings is 1. The molecular formula is C14H9F4NO3. The van der Waals surface area contributed by atoms with Crippen LogP contribution in [0.3, 0.4) is 0 Å². The van der Waals surface area contributed by atoms with Gasteiger partial charge < -0.3 is 9.84 Å². The third-order valence-corrected chi connectivity index (χ3v) is 2.60. The quantitative estimate of drug-likeness (QED) is 0.878. The van der Waals surface area contributed by atoms with Gasteiger partial charge in [0.1, 0.15) is 11.6 Å². The average Bonchev–Trinajstić information content (AvgIpc) is 2.39. The Balaban J connectivity index is 2.35. The maximum absolute atomic E-state index is 13.4. The fraction of sp³-hybridized carbons (Fsp3) is 0.143. The molecule has 0 saturated carbocycles. The largest absolute Gasteiger partial charge is 0.573 e. The molecule has 2 rings (SSSR count). The van der Waals surface area contributed by atoms with Crippen LogP contribution in [0.4, 0.5) is 17.6 Å². The van der Waals surface area contributed by atoms with Gasteiger partial charge in [0.15, 0.2) is 0 Å². The number of halogens is 4. The topological polar surface area (TPSA) is 59.4 Å². The van der Waals surface area contributed by atoms with Crippen LogP contribution >= 0.6 is 0 Å². The first-order valence-corrected chi connectivity index (χ1v) is 5.98.